The van der Waals surface area contributed by atoms with E-state index in [1.807, 2.05) is 6.07 Å². The van der Waals surface area contributed by atoms with Crippen LogP contribution in [0.15, 0.2) is 29.2 Å². The second-order valence-electron chi connectivity index (χ2n) is 10.6. The average Bonchev–Trinajstić information content (AvgIpc) is 2.84. The summed E-state index contributed by atoms with van der Waals surface area (Å²) in [6.45, 7) is 2.29. The molecule has 0 N–H and O–H groups in total. The van der Waals surface area contributed by atoms with Crippen molar-refractivity contribution < 1.29 is 64.4 Å². The Labute approximate surface area is 267 Å². The van der Waals surface area contributed by atoms with Crippen molar-refractivity contribution in [2.24, 2.45) is 0 Å². The van der Waals surface area contributed by atoms with E-state index in [4.69, 9.17) is 0 Å². The first-order chi connectivity index (χ1) is 17.1. The minimum absolute atomic E-state index is 0. The van der Waals surface area contributed by atoms with Gasteiger partial charge in [-0.3, -0.25) is 0 Å². The molecule has 3 nitrogen and oxygen atoms in total. The monoisotopic (exact) mass is 546 g/mol. The Balaban J connectivity index is 0.0000122. The van der Waals surface area contributed by atoms with Gasteiger partial charge in [-0.2, -0.15) is 0 Å². The van der Waals surface area contributed by atoms with Crippen LogP contribution in [0.5, 0.6) is 0 Å². The van der Waals surface area contributed by atoms with E-state index < -0.39 is 10.1 Å². The van der Waals surface area contributed by atoms with Gasteiger partial charge in [0.2, 0.25) is 0 Å². The molecule has 36 heavy (non-hydrogen) atoms. The third-order valence-corrected chi connectivity index (χ3v) is 8.23. The van der Waals surface area contributed by atoms with Gasteiger partial charge in [-0.05, 0) is 24.5 Å². The van der Waals surface area contributed by atoms with Gasteiger partial charge in [0, 0.05) is 0 Å². The molecular formula is C31H55KO3S. The molecule has 0 bridgehead atoms. The Bertz CT molecular complexity index is 706. The van der Waals surface area contributed by atoms with Gasteiger partial charge in [0.25, 0.3) is 0 Å². The maximum Gasteiger partial charge on any atom is 1.00 e. The summed E-state index contributed by atoms with van der Waals surface area (Å²) in [6.07, 6.45) is 32.1. The molecule has 1 aromatic rings. The minimum atomic E-state index is -4.36. The van der Waals surface area contributed by atoms with Crippen LogP contribution in [0.3, 0.4) is 0 Å². The van der Waals surface area contributed by atoms with Gasteiger partial charge >= 0.3 is 51.4 Å². The van der Waals surface area contributed by atoms with Crippen LogP contribution in [0.4, 0.5) is 0 Å². The Morgan fingerprint density at radius 3 is 1.17 bits per heavy atom. The number of benzene rings is 1. The molecule has 0 spiro atoms. The molecule has 1 rings (SSSR count). The van der Waals surface area contributed by atoms with Crippen LogP contribution in [0.2, 0.25) is 0 Å². The summed E-state index contributed by atoms with van der Waals surface area (Å²) in [7, 11) is -4.36. The van der Waals surface area contributed by atoms with Gasteiger partial charge in [-0.1, -0.05) is 166 Å². The van der Waals surface area contributed by atoms with E-state index in [-0.39, 0.29) is 56.3 Å². The molecule has 0 fully saturated rings. The van der Waals surface area contributed by atoms with Crippen LogP contribution < -0.4 is 51.4 Å². The molecule has 0 saturated heterocycles. The average molecular weight is 547 g/mol. The number of hydrogen-bond donors (Lipinski definition) is 0. The predicted octanol–water partition coefficient (Wildman–Crippen LogP) is 7.13. The van der Waals surface area contributed by atoms with Crippen LogP contribution in [0.1, 0.15) is 160 Å². The van der Waals surface area contributed by atoms with Crippen molar-refractivity contribution in [3.8, 4) is 0 Å². The second-order valence-corrected chi connectivity index (χ2v) is 11.9. The van der Waals surface area contributed by atoms with E-state index in [9.17, 15) is 13.0 Å². The standard InChI is InChI=1S/C31H56O3S.K/c1-2-3-4-5-6-7-8-9-10-11-12-13-14-15-16-17-18-19-20-21-22-23-24-27-30-28-25-26-29-31(30)35(32,33)34;/h25-26,28-29H,2-24,27H2,1H3,(H,32,33,34);/q;+1/p-1. The van der Waals surface area contributed by atoms with E-state index in [0.29, 0.717) is 12.0 Å². The Kier molecular flexibility index (Phi) is 26.6. The largest absolute Gasteiger partial charge is 1.00 e. The van der Waals surface area contributed by atoms with Crippen molar-refractivity contribution in [2.45, 2.75) is 166 Å². The number of rotatable bonds is 25. The summed E-state index contributed by atoms with van der Waals surface area (Å²) in [6, 6.07) is 6.62. The first kappa shape index (κ1) is 36.8. The molecule has 0 radical (unpaired) electrons. The smallest absolute Gasteiger partial charge is 0.744 e. The number of unbranched alkanes of at least 4 members (excludes halogenated alkanes) is 22. The first-order valence-electron chi connectivity index (χ1n) is 15.1. The summed E-state index contributed by atoms with van der Waals surface area (Å²) in [5.74, 6) is 0. The van der Waals surface area contributed by atoms with Crippen molar-refractivity contribution in [3.05, 3.63) is 29.8 Å². The zero-order valence-corrected chi connectivity index (χ0v) is 27.9. The maximum atomic E-state index is 11.3. The molecule has 204 valence electrons. The summed E-state index contributed by atoms with van der Waals surface area (Å²) in [5.41, 5.74) is 0.672. The van der Waals surface area contributed by atoms with E-state index in [0.717, 1.165) is 12.8 Å². The molecule has 0 aliphatic heterocycles. The molecule has 0 aromatic heterocycles. The zero-order valence-electron chi connectivity index (χ0n) is 23.9. The first-order valence-corrected chi connectivity index (χ1v) is 16.5. The Morgan fingerprint density at radius 2 is 0.833 bits per heavy atom. The summed E-state index contributed by atoms with van der Waals surface area (Å²) in [4.78, 5) is -0.0428. The zero-order chi connectivity index (χ0) is 25.5. The van der Waals surface area contributed by atoms with E-state index in [2.05, 4.69) is 6.92 Å². The maximum absolute atomic E-state index is 11.3. The van der Waals surface area contributed by atoms with Gasteiger partial charge < -0.3 is 4.55 Å². The summed E-state index contributed by atoms with van der Waals surface area (Å²) < 4.78 is 34.0. The van der Waals surface area contributed by atoms with Gasteiger partial charge in [-0.25, -0.2) is 8.42 Å². The Hall–Kier alpha value is 0.766. The third kappa shape index (κ3) is 21.7. The Morgan fingerprint density at radius 1 is 0.528 bits per heavy atom. The van der Waals surface area contributed by atoms with Crippen molar-refractivity contribution in [2.75, 3.05) is 0 Å². The molecule has 0 unspecified atom stereocenters. The fourth-order valence-electron chi connectivity index (χ4n) is 5.06. The fraction of sp³-hybridized carbons (Fsp3) is 0.806. The van der Waals surface area contributed by atoms with Crippen LogP contribution in [-0.2, 0) is 16.5 Å². The topological polar surface area (TPSA) is 57.2 Å². The van der Waals surface area contributed by atoms with Crippen LogP contribution in [-0.4, -0.2) is 13.0 Å². The van der Waals surface area contributed by atoms with Crippen LogP contribution >= 0.6 is 0 Å². The SMILES string of the molecule is CCCCCCCCCCCCCCCCCCCCCCCCCc1ccccc1S(=O)(=O)[O-].[K+]. The van der Waals surface area contributed by atoms with Crippen molar-refractivity contribution in [3.63, 3.8) is 0 Å². The molecule has 0 amide bonds. The molecule has 1 aromatic carbocycles. The van der Waals surface area contributed by atoms with Crippen molar-refractivity contribution in [1.82, 2.24) is 0 Å². The number of hydrogen-bond acceptors (Lipinski definition) is 3. The normalized spacial score (nSPS) is 11.5. The van der Waals surface area contributed by atoms with Gasteiger partial charge in [0.1, 0.15) is 10.1 Å². The van der Waals surface area contributed by atoms with Crippen LogP contribution in [0.25, 0.3) is 0 Å². The molecule has 5 heteroatoms. The van der Waals surface area contributed by atoms with Gasteiger partial charge in [0.05, 0.1) is 4.90 Å². The van der Waals surface area contributed by atoms with Gasteiger partial charge in [-0.15, -0.1) is 0 Å². The number of aryl methyl sites for hydroxylation is 1. The van der Waals surface area contributed by atoms with E-state index >= 15 is 0 Å². The molecule has 0 saturated carbocycles. The molecule has 0 heterocycles. The molecule has 0 atom stereocenters. The molecule has 0 aliphatic rings. The van der Waals surface area contributed by atoms with Crippen molar-refractivity contribution >= 4 is 10.1 Å². The fourth-order valence-corrected chi connectivity index (χ4v) is 5.79. The minimum Gasteiger partial charge on any atom is -0.744 e. The third-order valence-electron chi connectivity index (χ3n) is 7.29. The predicted molar refractivity (Wildman–Crippen MR) is 150 cm³/mol. The molecule has 0 aliphatic carbocycles. The molecular weight excluding hydrogens is 492 g/mol. The van der Waals surface area contributed by atoms with E-state index in [1.54, 1.807) is 12.1 Å². The summed E-state index contributed by atoms with van der Waals surface area (Å²) >= 11 is 0. The van der Waals surface area contributed by atoms with Crippen LogP contribution in [0, 0.1) is 0 Å². The quantitative estimate of drug-likeness (QED) is 0.0744. The second kappa shape index (κ2) is 26.0. The van der Waals surface area contributed by atoms with Gasteiger partial charge in [0.15, 0.2) is 0 Å². The van der Waals surface area contributed by atoms with Crippen molar-refractivity contribution in [1.29, 1.82) is 0 Å². The van der Waals surface area contributed by atoms with E-state index in [1.165, 1.54) is 141 Å². The summed E-state index contributed by atoms with van der Waals surface area (Å²) in [5, 5.41) is 0.